The van der Waals surface area contributed by atoms with Crippen LogP contribution in [0.3, 0.4) is 0 Å². The molecule has 5 heteroatoms. The summed E-state index contributed by atoms with van der Waals surface area (Å²) in [5, 5.41) is 8.49. The summed E-state index contributed by atoms with van der Waals surface area (Å²) in [5.41, 5.74) is 11.3. The molecule has 1 atom stereocenters. The number of aliphatic imine (C=N–C) groups is 1. The highest BCUT2D eigenvalue weighted by Gasteiger charge is 2.30. The molecule has 2 N–H and O–H groups in total. The topological polar surface area (TPSA) is 66.3 Å². The first kappa shape index (κ1) is 13.8. The second-order valence-electron chi connectivity index (χ2n) is 5.69. The second-order valence-corrected chi connectivity index (χ2v) is 5.69. The lowest BCUT2D eigenvalue weighted by Gasteiger charge is -2.28. The van der Waals surface area contributed by atoms with Crippen LogP contribution in [0, 0.1) is 0 Å². The van der Waals surface area contributed by atoms with E-state index in [-0.39, 0.29) is 0 Å². The minimum atomic E-state index is -0.533. The van der Waals surface area contributed by atoms with Crippen LogP contribution in [0.4, 0.5) is 5.69 Å². The Hall–Kier alpha value is -2.79. The van der Waals surface area contributed by atoms with Crippen LogP contribution in [0.1, 0.15) is 18.1 Å². The molecule has 5 nitrogen and oxygen atoms in total. The number of fused-ring (bicyclic) bond motifs is 3. The Kier molecular flexibility index (Phi) is 3.28. The second kappa shape index (κ2) is 5.44. The zero-order valence-electron chi connectivity index (χ0n) is 12.8. The first-order valence-corrected chi connectivity index (χ1v) is 7.61. The van der Waals surface area contributed by atoms with E-state index in [4.69, 9.17) is 10.7 Å². The molecular formula is C18H17N5. The Balaban J connectivity index is 1.95. The van der Waals surface area contributed by atoms with E-state index >= 15 is 0 Å². The van der Waals surface area contributed by atoms with Gasteiger partial charge in [0.15, 0.2) is 12.0 Å². The maximum atomic E-state index is 6.31. The van der Waals surface area contributed by atoms with E-state index in [1.807, 2.05) is 37.3 Å². The molecule has 2 aromatic carbocycles. The molecule has 2 aromatic rings. The van der Waals surface area contributed by atoms with Gasteiger partial charge in [-0.25, -0.2) is 0 Å². The molecule has 0 aromatic heterocycles. The molecule has 0 aliphatic carbocycles. The number of hydrogen-bond acceptors (Lipinski definition) is 5. The highest BCUT2D eigenvalue weighted by atomic mass is 15.4. The number of anilines is 1. The van der Waals surface area contributed by atoms with E-state index in [1.54, 1.807) is 0 Å². The number of benzene rings is 2. The van der Waals surface area contributed by atoms with Gasteiger partial charge in [0.2, 0.25) is 0 Å². The van der Waals surface area contributed by atoms with Gasteiger partial charge in [-0.2, -0.15) is 5.10 Å². The molecule has 0 radical (unpaired) electrons. The molecular weight excluding hydrogens is 286 g/mol. The Bertz CT molecular complexity index is 836. The standard InChI is InChI=1S/C18H17N5/c1-12-11-23-15-10-6-5-9-14(15)16(13-7-3-2-4-8-13)20-17(19)18(23)22-21-12/h2-10,17H,11,19H2,1H3. The van der Waals surface area contributed by atoms with Gasteiger partial charge < -0.3 is 10.6 Å². The van der Waals surface area contributed by atoms with Crippen LogP contribution in [0.15, 0.2) is 69.8 Å². The smallest absolute Gasteiger partial charge is 0.171 e. The maximum Gasteiger partial charge on any atom is 0.171 e. The van der Waals surface area contributed by atoms with E-state index in [9.17, 15) is 0 Å². The van der Waals surface area contributed by atoms with Gasteiger partial charge in [-0.3, -0.25) is 4.99 Å². The number of para-hydroxylation sites is 1. The molecule has 0 fully saturated rings. The van der Waals surface area contributed by atoms with Crippen LogP contribution in [0.5, 0.6) is 0 Å². The maximum absolute atomic E-state index is 6.31. The van der Waals surface area contributed by atoms with Gasteiger partial charge in [-0.05, 0) is 13.0 Å². The molecule has 114 valence electrons. The lowest BCUT2D eigenvalue weighted by Crippen LogP contribution is -2.46. The quantitative estimate of drug-likeness (QED) is 0.879. The number of nitrogens with two attached hydrogens (primary N) is 1. The minimum absolute atomic E-state index is 0.533. The van der Waals surface area contributed by atoms with Crippen LogP contribution in [0.2, 0.25) is 0 Å². The largest absolute Gasteiger partial charge is 0.319 e. The Morgan fingerprint density at radius 1 is 1.00 bits per heavy atom. The van der Waals surface area contributed by atoms with Gasteiger partial charge in [0.25, 0.3) is 0 Å². The third-order valence-electron chi connectivity index (χ3n) is 4.02. The number of nitrogens with zero attached hydrogens (tertiary/aromatic N) is 4. The van der Waals surface area contributed by atoms with Crippen molar-refractivity contribution in [2.24, 2.45) is 20.9 Å². The summed E-state index contributed by atoms with van der Waals surface area (Å²) in [5.74, 6) is 0.689. The van der Waals surface area contributed by atoms with Crippen molar-refractivity contribution in [1.29, 1.82) is 0 Å². The van der Waals surface area contributed by atoms with E-state index in [0.717, 1.165) is 28.2 Å². The van der Waals surface area contributed by atoms with E-state index < -0.39 is 6.17 Å². The molecule has 23 heavy (non-hydrogen) atoms. The minimum Gasteiger partial charge on any atom is -0.319 e. The SMILES string of the molecule is CC1=NN=C2C(N)N=C(c3ccccc3)c3ccccc3N2C1. The third kappa shape index (κ3) is 2.35. The first-order chi connectivity index (χ1) is 11.2. The average molecular weight is 303 g/mol. The van der Waals surface area contributed by atoms with Crippen molar-refractivity contribution in [3.63, 3.8) is 0 Å². The third-order valence-corrected chi connectivity index (χ3v) is 4.02. The van der Waals surface area contributed by atoms with Crippen LogP contribution < -0.4 is 10.6 Å². The van der Waals surface area contributed by atoms with Gasteiger partial charge in [-0.1, -0.05) is 48.5 Å². The highest BCUT2D eigenvalue weighted by molar-refractivity contribution is 6.21. The van der Waals surface area contributed by atoms with Crippen LogP contribution in [-0.2, 0) is 0 Å². The Labute approximate surface area is 134 Å². The summed E-state index contributed by atoms with van der Waals surface area (Å²) >= 11 is 0. The summed E-state index contributed by atoms with van der Waals surface area (Å²) in [6.07, 6.45) is -0.533. The van der Waals surface area contributed by atoms with E-state index in [1.165, 1.54) is 0 Å². The van der Waals surface area contributed by atoms with Crippen molar-refractivity contribution in [2.75, 3.05) is 11.4 Å². The first-order valence-electron chi connectivity index (χ1n) is 7.61. The fraction of sp³-hybridized carbons (Fsp3) is 0.167. The summed E-state index contributed by atoms with van der Waals surface area (Å²) in [7, 11) is 0. The molecule has 2 aliphatic heterocycles. The van der Waals surface area contributed by atoms with Crippen LogP contribution in [0.25, 0.3) is 0 Å². The highest BCUT2D eigenvalue weighted by Crippen LogP contribution is 2.29. The van der Waals surface area contributed by atoms with Gasteiger partial charge in [-0.15, -0.1) is 5.10 Å². The predicted molar refractivity (Wildman–Crippen MR) is 94.4 cm³/mol. The molecule has 4 rings (SSSR count). The Morgan fingerprint density at radius 2 is 1.74 bits per heavy atom. The number of amidine groups is 1. The summed E-state index contributed by atoms with van der Waals surface area (Å²) in [6.45, 7) is 2.65. The molecule has 0 spiro atoms. The summed E-state index contributed by atoms with van der Waals surface area (Å²) in [4.78, 5) is 6.86. The van der Waals surface area contributed by atoms with Crippen molar-refractivity contribution >= 4 is 22.9 Å². The van der Waals surface area contributed by atoms with E-state index in [0.29, 0.717) is 12.4 Å². The zero-order chi connectivity index (χ0) is 15.8. The van der Waals surface area contributed by atoms with Gasteiger partial charge in [0.05, 0.1) is 23.7 Å². The van der Waals surface area contributed by atoms with Crippen molar-refractivity contribution < 1.29 is 0 Å². The average Bonchev–Trinajstić information content (AvgIpc) is 2.71. The molecule has 2 heterocycles. The van der Waals surface area contributed by atoms with E-state index in [2.05, 4.69) is 39.4 Å². The molecule has 0 amide bonds. The Morgan fingerprint density at radius 3 is 2.57 bits per heavy atom. The van der Waals surface area contributed by atoms with Crippen molar-refractivity contribution in [2.45, 2.75) is 13.1 Å². The molecule has 0 bridgehead atoms. The fourth-order valence-electron chi connectivity index (χ4n) is 2.96. The fourth-order valence-corrected chi connectivity index (χ4v) is 2.96. The molecule has 1 unspecified atom stereocenters. The summed E-state index contributed by atoms with van der Waals surface area (Å²) in [6, 6.07) is 18.3. The van der Waals surface area contributed by atoms with Gasteiger partial charge in [0, 0.05) is 11.1 Å². The number of rotatable bonds is 1. The zero-order valence-corrected chi connectivity index (χ0v) is 12.8. The lowest BCUT2D eigenvalue weighted by atomic mass is 10.00. The van der Waals surface area contributed by atoms with Crippen molar-refractivity contribution in [1.82, 2.24) is 0 Å². The van der Waals surface area contributed by atoms with Gasteiger partial charge in [0.1, 0.15) is 0 Å². The lowest BCUT2D eigenvalue weighted by molar-refractivity contribution is 0.874. The summed E-state index contributed by atoms with van der Waals surface area (Å²) < 4.78 is 0. The van der Waals surface area contributed by atoms with Gasteiger partial charge >= 0.3 is 0 Å². The monoisotopic (exact) mass is 303 g/mol. The number of hydrogen-bond donors (Lipinski definition) is 1. The van der Waals surface area contributed by atoms with Crippen LogP contribution >= 0.6 is 0 Å². The molecule has 0 saturated heterocycles. The van der Waals surface area contributed by atoms with Crippen molar-refractivity contribution in [3.05, 3.63) is 65.7 Å². The van der Waals surface area contributed by atoms with Crippen LogP contribution in [-0.4, -0.2) is 30.0 Å². The predicted octanol–water partition coefficient (Wildman–Crippen LogP) is 2.42. The normalized spacial score (nSPS) is 19.8. The molecule has 2 aliphatic rings. The molecule has 0 saturated carbocycles. The van der Waals surface area contributed by atoms with Crippen molar-refractivity contribution in [3.8, 4) is 0 Å².